The molecule has 0 saturated heterocycles. The first-order valence-electron chi connectivity index (χ1n) is 6.64. The van der Waals surface area contributed by atoms with Gasteiger partial charge >= 0.3 is 0 Å². The molecule has 22 heavy (non-hydrogen) atoms. The number of aromatic nitrogens is 3. The molecule has 0 spiro atoms. The van der Waals surface area contributed by atoms with E-state index in [1.165, 1.54) is 12.3 Å². The van der Waals surface area contributed by atoms with E-state index in [9.17, 15) is 4.79 Å². The summed E-state index contributed by atoms with van der Waals surface area (Å²) in [4.78, 5) is 22.2. The summed E-state index contributed by atoms with van der Waals surface area (Å²) in [5, 5.41) is 6.18. The maximum absolute atomic E-state index is 12.1. The first kappa shape index (κ1) is 16.0. The Morgan fingerprint density at radius 2 is 2.23 bits per heavy atom. The molecule has 0 aliphatic heterocycles. The van der Waals surface area contributed by atoms with Crippen molar-refractivity contribution in [3.05, 3.63) is 23.2 Å². The van der Waals surface area contributed by atoms with Gasteiger partial charge in [-0.15, -0.1) is 0 Å². The second-order valence-electron chi connectivity index (χ2n) is 5.19. The Balaban J connectivity index is 2.24. The number of nitrogens with zero attached hydrogens (tertiary/aromatic N) is 4. The highest BCUT2D eigenvalue weighted by Gasteiger charge is 2.20. The summed E-state index contributed by atoms with van der Waals surface area (Å²) in [6, 6.07) is 1.49. The molecule has 118 valence electrons. The fourth-order valence-corrected chi connectivity index (χ4v) is 2.19. The zero-order valence-electron chi connectivity index (χ0n) is 12.5. The largest absolute Gasteiger partial charge is 0.382 e. The predicted molar refractivity (Wildman–Crippen MR) is 84.0 cm³/mol. The maximum atomic E-state index is 12.1. The first-order valence-corrected chi connectivity index (χ1v) is 7.02. The third-order valence-electron chi connectivity index (χ3n) is 2.76. The molecule has 8 nitrogen and oxygen atoms in total. The lowest BCUT2D eigenvalue weighted by molar-refractivity contribution is 0.102. The van der Waals surface area contributed by atoms with Gasteiger partial charge in [-0.2, -0.15) is 0 Å². The van der Waals surface area contributed by atoms with Crippen LogP contribution in [0.2, 0.25) is 5.15 Å². The van der Waals surface area contributed by atoms with Gasteiger partial charge in [-0.1, -0.05) is 30.6 Å². The molecule has 0 unspecified atom stereocenters. The van der Waals surface area contributed by atoms with Gasteiger partial charge in [-0.05, 0) is 5.92 Å². The molecule has 0 radical (unpaired) electrons. The van der Waals surface area contributed by atoms with Gasteiger partial charge in [0.2, 0.25) is 0 Å². The molecule has 0 aliphatic carbocycles. The third kappa shape index (κ3) is 3.64. The van der Waals surface area contributed by atoms with Crippen molar-refractivity contribution in [2.45, 2.75) is 13.8 Å². The standard InChI is InChI=1S/C13H17ClN6O2/c1-7(2)6-20(3)12-10(14)17-9(11(15)18-12)13(21)16-8-4-5-22-19-8/h4-5,7H,6H2,1-3H3,(H2,15,18)(H,16,19,21). The van der Waals surface area contributed by atoms with E-state index >= 15 is 0 Å². The van der Waals surface area contributed by atoms with Crippen molar-refractivity contribution in [1.29, 1.82) is 0 Å². The topological polar surface area (TPSA) is 110 Å². The van der Waals surface area contributed by atoms with E-state index in [1.54, 1.807) is 0 Å². The Labute approximate surface area is 132 Å². The average molecular weight is 325 g/mol. The highest BCUT2D eigenvalue weighted by Crippen LogP contribution is 2.24. The quantitative estimate of drug-likeness (QED) is 0.865. The van der Waals surface area contributed by atoms with E-state index in [0.29, 0.717) is 11.7 Å². The van der Waals surface area contributed by atoms with Crippen molar-refractivity contribution in [1.82, 2.24) is 15.1 Å². The first-order chi connectivity index (χ1) is 10.4. The van der Waals surface area contributed by atoms with Crippen LogP contribution in [0.3, 0.4) is 0 Å². The molecule has 0 saturated carbocycles. The summed E-state index contributed by atoms with van der Waals surface area (Å²) in [5.41, 5.74) is 5.76. The van der Waals surface area contributed by atoms with Gasteiger partial charge in [0.15, 0.2) is 28.3 Å². The smallest absolute Gasteiger partial charge is 0.279 e. The van der Waals surface area contributed by atoms with Crippen molar-refractivity contribution < 1.29 is 9.32 Å². The Bertz CT molecular complexity index is 659. The number of carbonyl (C=O) groups is 1. The molecule has 9 heteroatoms. The molecular weight excluding hydrogens is 308 g/mol. The predicted octanol–water partition coefficient (Wildman–Crippen LogP) is 2.04. The van der Waals surface area contributed by atoms with Gasteiger partial charge in [-0.25, -0.2) is 9.97 Å². The Hall–Kier alpha value is -2.35. The number of nitrogens with one attached hydrogen (secondary N) is 1. The van der Waals surface area contributed by atoms with Gasteiger partial charge in [-0.3, -0.25) is 4.79 Å². The van der Waals surface area contributed by atoms with Crippen LogP contribution in [0.15, 0.2) is 16.9 Å². The molecule has 0 atom stereocenters. The minimum absolute atomic E-state index is 0.00370. The number of nitrogen functional groups attached to an aromatic ring is 1. The monoisotopic (exact) mass is 324 g/mol. The second kappa shape index (κ2) is 6.61. The lowest BCUT2D eigenvalue weighted by Crippen LogP contribution is -2.26. The Kier molecular flexibility index (Phi) is 4.81. The van der Waals surface area contributed by atoms with Gasteiger partial charge in [0.25, 0.3) is 5.91 Å². The molecule has 3 N–H and O–H groups in total. The summed E-state index contributed by atoms with van der Waals surface area (Å²) in [6.45, 7) is 4.88. The number of rotatable bonds is 5. The normalized spacial score (nSPS) is 10.8. The van der Waals surface area contributed by atoms with E-state index in [0.717, 1.165) is 6.54 Å². The van der Waals surface area contributed by atoms with E-state index < -0.39 is 5.91 Å². The number of carbonyl (C=O) groups excluding carboxylic acids is 1. The zero-order valence-corrected chi connectivity index (χ0v) is 13.3. The Morgan fingerprint density at radius 1 is 1.50 bits per heavy atom. The zero-order chi connectivity index (χ0) is 16.3. The van der Waals surface area contributed by atoms with E-state index in [-0.39, 0.29) is 22.5 Å². The number of amides is 1. The molecular formula is C13H17ClN6O2. The Morgan fingerprint density at radius 3 is 2.82 bits per heavy atom. The van der Waals surface area contributed by atoms with E-state index in [1.807, 2.05) is 11.9 Å². The van der Waals surface area contributed by atoms with Crippen molar-refractivity contribution in [3.8, 4) is 0 Å². The molecule has 0 aliphatic rings. The number of hydrogen-bond acceptors (Lipinski definition) is 7. The molecule has 2 rings (SSSR count). The van der Waals surface area contributed by atoms with Crippen LogP contribution < -0.4 is 16.0 Å². The van der Waals surface area contributed by atoms with Crippen LogP contribution in [0.5, 0.6) is 0 Å². The maximum Gasteiger partial charge on any atom is 0.279 e. The van der Waals surface area contributed by atoms with Crippen LogP contribution in [-0.4, -0.2) is 34.6 Å². The second-order valence-corrected chi connectivity index (χ2v) is 5.54. The minimum Gasteiger partial charge on any atom is -0.382 e. The van der Waals surface area contributed by atoms with Gasteiger partial charge < -0.3 is 20.5 Å². The number of hydrogen-bond donors (Lipinski definition) is 2. The summed E-state index contributed by atoms with van der Waals surface area (Å²) >= 11 is 6.12. The molecule has 0 aromatic carbocycles. The lowest BCUT2D eigenvalue weighted by Gasteiger charge is -2.21. The van der Waals surface area contributed by atoms with E-state index in [4.69, 9.17) is 17.3 Å². The molecule has 0 fully saturated rings. The summed E-state index contributed by atoms with van der Waals surface area (Å²) in [5.74, 6) is 0.545. The molecule has 2 heterocycles. The van der Waals surface area contributed by atoms with Crippen molar-refractivity contribution in [2.75, 3.05) is 29.5 Å². The third-order valence-corrected chi connectivity index (χ3v) is 3.01. The number of halogens is 1. The number of nitrogens with two attached hydrogens (primary N) is 1. The summed E-state index contributed by atoms with van der Waals surface area (Å²) < 4.78 is 4.63. The van der Waals surface area contributed by atoms with Crippen LogP contribution in [0.1, 0.15) is 24.3 Å². The van der Waals surface area contributed by atoms with E-state index in [2.05, 4.69) is 38.8 Å². The lowest BCUT2D eigenvalue weighted by atomic mass is 10.2. The van der Waals surface area contributed by atoms with Crippen LogP contribution >= 0.6 is 11.6 Å². The van der Waals surface area contributed by atoms with Crippen molar-refractivity contribution in [3.63, 3.8) is 0 Å². The van der Waals surface area contributed by atoms with Crippen LogP contribution in [-0.2, 0) is 0 Å². The fourth-order valence-electron chi connectivity index (χ4n) is 1.92. The highest BCUT2D eigenvalue weighted by molar-refractivity contribution is 6.32. The summed E-state index contributed by atoms with van der Waals surface area (Å²) in [6.07, 6.45) is 1.33. The van der Waals surface area contributed by atoms with Crippen molar-refractivity contribution >= 4 is 35.0 Å². The molecule has 1 amide bonds. The van der Waals surface area contributed by atoms with Gasteiger partial charge in [0.1, 0.15) is 6.26 Å². The van der Waals surface area contributed by atoms with Gasteiger partial charge in [0, 0.05) is 19.7 Å². The van der Waals surface area contributed by atoms with Crippen LogP contribution in [0.4, 0.5) is 17.5 Å². The average Bonchev–Trinajstić information content (AvgIpc) is 2.92. The molecule has 2 aromatic heterocycles. The minimum atomic E-state index is -0.557. The van der Waals surface area contributed by atoms with Crippen LogP contribution in [0, 0.1) is 5.92 Å². The van der Waals surface area contributed by atoms with Crippen molar-refractivity contribution in [2.24, 2.45) is 5.92 Å². The SMILES string of the molecule is CC(C)CN(C)c1nc(N)c(C(=O)Nc2ccon2)nc1Cl. The highest BCUT2D eigenvalue weighted by atomic mass is 35.5. The molecule has 0 bridgehead atoms. The molecule has 2 aromatic rings. The van der Waals surface area contributed by atoms with Crippen LogP contribution in [0.25, 0.3) is 0 Å². The fraction of sp³-hybridized carbons (Fsp3) is 0.385. The number of anilines is 3. The summed E-state index contributed by atoms with van der Waals surface area (Å²) in [7, 11) is 1.84. The van der Waals surface area contributed by atoms with Gasteiger partial charge in [0.05, 0.1) is 0 Å².